The summed E-state index contributed by atoms with van der Waals surface area (Å²) in [6.45, 7) is 3.35. The van der Waals surface area contributed by atoms with Crippen LogP contribution in [0.2, 0.25) is 5.02 Å². The van der Waals surface area contributed by atoms with Crippen LogP contribution >= 0.6 is 11.6 Å². The molecule has 2 N–H and O–H groups in total. The summed E-state index contributed by atoms with van der Waals surface area (Å²) in [6, 6.07) is 8.74. The highest BCUT2D eigenvalue weighted by Crippen LogP contribution is 2.10. The number of piperazine rings is 1. The van der Waals surface area contributed by atoms with Gasteiger partial charge in [-0.3, -0.25) is 4.79 Å². The molecule has 0 atom stereocenters. The summed E-state index contributed by atoms with van der Waals surface area (Å²) in [5, 5.41) is 6.13. The monoisotopic (exact) mass is 402 g/mol. The Kier molecular flexibility index (Phi) is 7.02. The summed E-state index contributed by atoms with van der Waals surface area (Å²) >= 11 is 5.83. The van der Waals surface area contributed by atoms with Crippen LogP contribution in [-0.4, -0.2) is 59.5 Å². The summed E-state index contributed by atoms with van der Waals surface area (Å²) in [6.07, 6.45) is 3.70. The zero-order valence-electron chi connectivity index (χ0n) is 15.5. The van der Waals surface area contributed by atoms with Crippen LogP contribution in [0.25, 0.3) is 0 Å². The third kappa shape index (κ3) is 5.82. The number of anilines is 1. The molecule has 0 spiro atoms. The largest absolute Gasteiger partial charge is 0.339 e. The first kappa shape index (κ1) is 19.9. The van der Waals surface area contributed by atoms with E-state index in [-0.39, 0.29) is 18.4 Å². The number of halogens is 1. The molecule has 0 aliphatic carbocycles. The molecular formula is C19H23ClN6O2. The average Bonchev–Trinajstić information content (AvgIpc) is 2.74. The van der Waals surface area contributed by atoms with Crippen molar-refractivity contribution >= 4 is 29.5 Å². The van der Waals surface area contributed by atoms with Crippen molar-refractivity contribution in [1.29, 1.82) is 0 Å². The van der Waals surface area contributed by atoms with Crippen LogP contribution in [0.15, 0.2) is 42.7 Å². The lowest BCUT2D eigenvalue weighted by Crippen LogP contribution is -2.49. The second-order valence-electron chi connectivity index (χ2n) is 6.40. The van der Waals surface area contributed by atoms with Gasteiger partial charge in [0.2, 0.25) is 11.9 Å². The molecule has 0 radical (unpaired) electrons. The minimum Gasteiger partial charge on any atom is -0.339 e. The summed E-state index contributed by atoms with van der Waals surface area (Å²) in [5.41, 5.74) is 0.955. The van der Waals surface area contributed by atoms with Gasteiger partial charge >= 0.3 is 6.03 Å². The number of benzene rings is 1. The van der Waals surface area contributed by atoms with Gasteiger partial charge in [0.25, 0.3) is 0 Å². The second-order valence-corrected chi connectivity index (χ2v) is 6.84. The maximum atomic E-state index is 12.3. The number of urea groups is 1. The molecule has 1 aliphatic rings. The van der Waals surface area contributed by atoms with Crippen molar-refractivity contribution in [1.82, 2.24) is 25.5 Å². The molecule has 9 heteroatoms. The first-order valence-corrected chi connectivity index (χ1v) is 9.55. The SMILES string of the molecule is O=C(NCCC(=O)N1CCN(c2ncccn2)CC1)NCc1ccc(Cl)cc1. The summed E-state index contributed by atoms with van der Waals surface area (Å²) < 4.78 is 0. The quantitative estimate of drug-likeness (QED) is 0.767. The normalized spacial score (nSPS) is 13.9. The van der Waals surface area contributed by atoms with Crippen molar-refractivity contribution in [3.63, 3.8) is 0 Å². The Morgan fingerprint density at radius 2 is 1.68 bits per heavy atom. The Morgan fingerprint density at radius 1 is 1.00 bits per heavy atom. The zero-order chi connectivity index (χ0) is 19.8. The van der Waals surface area contributed by atoms with E-state index in [9.17, 15) is 9.59 Å². The molecule has 1 aliphatic heterocycles. The number of nitrogens with zero attached hydrogens (tertiary/aromatic N) is 4. The van der Waals surface area contributed by atoms with Crippen LogP contribution in [0.1, 0.15) is 12.0 Å². The number of aromatic nitrogens is 2. The van der Waals surface area contributed by atoms with Gasteiger partial charge in [-0.15, -0.1) is 0 Å². The van der Waals surface area contributed by atoms with Crippen LogP contribution in [0.4, 0.5) is 10.7 Å². The number of carbonyl (C=O) groups is 2. The van der Waals surface area contributed by atoms with Gasteiger partial charge in [-0.2, -0.15) is 0 Å². The van der Waals surface area contributed by atoms with E-state index in [1.807, 2.05) is 17.0 Å². The van der Waals surface area contributed by atoms with E-state index in [1.165, 1.54) is 0 Å². The van der Waals surface area contributed by atoms with E-state index >= 15 is 0 Å². The first-order valence-electron chi connectivity index (χ1n) is 9.18. The fraction of sp³-hybridized carbons (Fsp3) is 0.368. The van der Waals surface area contributed by atoms with Crippen LogP contribution in [0.3, 0.4) is 0 Å². The number of hydrogen-bond acceptors (Lipinski definition) is 5. The van der Waals surface area contributed by atoms with Gasteiger partial charge in [0.05, 0.1) is 0 Å². The third-order valence-electron chi connectivity index (χ3n) is 4.46. The third-order valence-corrected chi connectivity index (χ3v) is 4.71. The van der Waals surface area contributed by atoms with Gasteiger partial charge < -0.3 is 20.4 Å². The second kappa shape index (κ2) is 9.89. The summed E-state index contributed by atoms with van der Waals surface area (Å²) in [4.78, 5) is 36.5. The molecule has 1 saturated heterocycles. The average molecular weight is 403 g/mol. The first-order chi connectivity index (χ1) is 13.6. The fourth-order valence-electron chi connectivity index (χ4n) is 2.90. The molecule has 2 heterocycles. The van der Waals surface area contributed by atoms with Gasteiger partial charge in [-0.05, 0) is 23.8 Å². The highest BCUT2D eigenvalue weighted by Gasteiger charge is 2.22. The van der Waals surface area contributed by atoms with Gasteiger partial charge in [0.15, 0.2) is 0 Å². The summed E-state index contributed by atoms with van der Waals surface area (Å²) in [7, 11) is 0. The van der Waals surface area contributed by atoms with Gasteiger partial charge in [0.1, 0.15) is 0 Å². The van der Waals surface area contributed by atoms with E-state index in [0.29, 0.717) is 50.2 Å². The minimum atomic E-state index is -0.297. The molecule has 1 aromatic heterocycles. The van der Waals surface area contributed by atoms with E-state index in [2.05, 4.69) is 25.5 Å². The minimum absolute atomic E-state index is 0.0339. The Bertz CT molecular complexity index is 779. The molecule has 2 aromatic rings. The number of rotatable bonds is 6. The van der Waals surface area contributed by atoms with Crippen LogP contribution in [0, 0.1) is 0 Å². The Hall–Kier alpha value is -2.87. The lowest BCUT2D eigenvalue weighted by atomic mass is 10.2. The number of hydrogen-bond donors (Lipinski definition) is 2. The van der Waals surface area contributed by atoms with Gasteiger partial charge in [-0.25, -0.2) is 14.8 Å². The highest BCUT2D eigenvalue weighted by atomic mass is 35.5. The lowest BCUT2D eigenvalue weighted by Gasteiger charge is -2.34. The number of amides is 3. The maximum Gasteiger partial charge on any atom is 0.315 e. The fourth-order valence-corrected chi connectivity index (χ4v) is 3.02. The van der Waals surface area contributed by atoms with Crippen molar-refractivity contribution in [2.24, 2.45) is 0 Å². The molecule has 3 rings (SSSR count). The van der Waals surface area contributed by atoms with E-state index < -0.39 is 0 Å². The van der Waals surface area contributed by atoms with Crippen molar-refractivity contribution in [3.05, 3.63) is 53.3 Å². The van der Waals surface area contributed by atoms with Crippen molar-refractivity contribution in [2.45, 2.75) is 13.0 Å². The Balaban J connectivity index is 1.32. The molecule has 1 fully saturated rings. The highest BCUT2D eigenvalue weighted by molar-refractivity contribution is 6.30. The molecule has 8 nitrogen and oxygen atoms in total. The van der Waals surface area contributed by atoms with Gasteiger partial charge in [0, 0.05) is 63.1 Å². The molecule has 0 saturated carbocycles. The van der Waals surface area contributed by atoms with E-state index in [0.717, 1.165) is 5.56 Å². The number of nitrogens with one attached hydrogen (secondary N) is 2. The zero-order valence-corrected chi connectivity index (χ0v) is 16.2. The topological polar surface area (TPSA) is 90.5 Å². The van der Waals surface area contributed by atoms with Crippen LogP contribution in [0.5, 0.6) is 0 Å². The predicted octanol–water partition coefficient (Wildman–Crippen LogP) is 1.67. The van der Waals surface area contributed by atoms with E-state index in [4.69, 9.17) is 11.6 Å². The standard InChI is InChI=1S/C19H23ClN6O2/c20-16-4-2-15(3-5-16)14-24-19(28)23-9-6-17(27)25-10-12-26(13-11-25)18-21-7-1-8-22-18/h1-5,7-8H,6,9-14H2,(H2,23,24,28). The maximum absolute atomic E-state index is 12.3. The Labute approximate surface area is 168 Å². The molecule has 28 heavy (non-hydrogen) atoms. The molecular weight excluding hydrogens is 380 g/mol. The predicted molar refractivity (Wildman–Crippen MR) is 107 cm³/mol. The molecule has 3 amide bonds. The van der Waals surface area contributed by atoms with Crippen LogP contribution < -0.4 is 15.5 Å². The van der Waals surface area contributed by atoms with E-state index in [1.54, 1.807) is 30.6 Å². The summed E-state index contributed by atoms with van der Waals surface area (Å²) in [5.74, 6) is 0.722. The molecule has 0 unspecified atom stereocenters. The lowest BCUT2D eigenvalue weighted by molar-refractivity contribution is -0.131. The molecule has 148 valence electrons. The van der Waals surface area contributed by atoms with Gasteiger partial charge in [-0.1, -0.05) is 23.7 Å². The molecule has 1 aromatic carbocycles. The number of carbonyl (C=O) groups excluding carboxylic acids is 2. The van der Waals surface area contributed by atoms with Crippen LogP contribution in [-0.2, 0) is 11.3 Å². The van der Waals surface area contributed by atoms with Crippen molar-refractivity contribution in [2.75, 3.05) is 37.6 Å². The molecule has 0 bridgehead atoms. The Morgan fingerprint density at radius 3 is 2.36 bits per heavy atom. The smallest absolute Gasteiger partial charge is 0.315 e. The van der Waals surface area contributed by atoms with Crippen molar-refractivity contribution in [3.8, 4) is 0 Å². The van der Waals surface area contributed by atoms with Crippen molar-refractivity contribution < 1.29 is 9.59 Å².